The van der Waals surface area contributed by atoms with Gasteiger partial charge in [0.25, 0.3) is 5.91 Å². The lowest BCUT2D eigenvalue weighted by atomic mass is 10.1. The Morgan fingerprint density at radius 2 is 1.73 bits per heavy atom. The van der Waals surface area contributed by atoms with Crippen LogP contribution in [-0.2, 0) is 4.79 Å². The normalized spacial score (nSPS) is 10.4. The van der Waals surface area contributed by atoms with Crippen LogP contribution in [0.5, 0.6) is 5.75 Å². The Balaban J connectivity index is 1.63. The monoisotopic (exact) mass is 493 g/mol. The van der Waals surface area contributed by atoms with Gasteiger partial charge in [-0.1, -0.05) is 63.9 Å². The Hall–Kier alpha value is -1.82. The smallest absolute Gasteiger partial charge is 0.262 e. The molecule has 0 radical (unpaired) electrons. The van der Waals surface area contributed by atoms with Crippen LogP contribution >= 0.6 is 43.5 Å². The third-order valence-corrected chi connectivity index (χ3v) is 5.03. The molecule has 1 N–H and O–H groups in total. The van der Waals surface area contributed by atoms with Crippen LogP contribution in [0, 0.1) is 0 Å². The Morgan fingerprint density at radius 1 is 0.962 bits per heavy atom. The summed E-state index contributed by atoms with van der Waals surface area (Å²) in [5, 5.41) is 3.19. The van der Waals surface area contributed by atoms with Gasteiger partial charge in [0.2, 0.25) is 0 Å². The first-order valence-corrected chi connectivity index (χ1v) is 9.72. The van der Waals surface area contributed by atoms with Crippen molar-refractivity contribution >= 4 is 55.1 Å². The van der Waals surface area contributed by atoms with E-state index in [0.29, 0.717) is 16.5 Å². The maximum atomic E-state index is 12.1. The summed E-state index contributed by atoms with van der Waals surface area (Å²) >= 11 is 12.9. The van der Waals surface area contributed by atoms with Gasteiger partial charge in [-0.3, -0.25) is 4.79 Å². The van der Waals surface area contributed by atoms with Crippen molar-refractivity contribution in [1.82, 2.24) is 0 Å². The topological polar surface area (TPSA) is 38.3 Å². The summed E-state index contributed by atoms with van der Waals surface area (Å²) in [5.41, 5.74) is 2.72. The third-order valence-electron chi connectivity index (χ3n) is 3.60. The number of ether oxygens (including phenoxy) is 1. The predicted octanol–water partition coefficient (Wildman–Crippen LogP) is 6.55. The van der Waals surface area contributed by atoms with E-state index in [1.54, 1.807) is 18.2 Å². The summed E-state index contributed by atoms with van der Waals surface area (Å²) in [7, 11) is 0. The highest BCUT2D eigenvalue weighted by molar-refractivity contribution is 9.10. The van der Waals surface area contributed by atoms with Crippen molar-refractivity contribution in [3.05, 3.63) is 80.7 Å². The average Bonchev–Trinajstić information content (AvgIpc) is 2.64. The molecule has 3 rings (SSSR count). The number of hydrogen-bond donors (Lipinski definition) is 1. The molecule has 3 nitrogen and oxygen atoms in total. The highest BCUT2D eigenvalue weighted by Gasteiger charge is 2.09. The van der Waals surface area contributed by atoms with Crippen molar-refractivity contribution in [3.8, 4) is 16.9 Å². The second kappa shape index (κ2) is 8.71. The predicted molar refractivity (Wildman–Crippen MR) is 113 cm³/mol. The van der Waals surface area contributed by atoms with E-state index in [1.807, 2.05) is 48.5 Å². The minimum Gasteiger partial charge on any atom is -0.483 e. The number of hydrogen-bond acceptors (Lipinski definition) is 2. The number of carbonyl (C=O) groups excluding carboxylic acids is 1. The molecule has 3 aromatic carbocycles. The van der Waals surface area contributed by atoms with Crippen LogP contribution in [0.4, 0.5) is 5.69 Å². The second-order valence-corrected chi connectivity index (χ2v) is 7.65. The number of rotatable bonds is 5. The summed E-state index contributed by atoms with van der Waals surface area (Å²) in [5.74, 6) is 0.315. The zero-order valence-corrected chi connectivity index (χ0v) is 17.4. The van der Waals surface area contributed by atoms with Crippen molar-refractivity contribution in [1.29, 1.82) is 0 Å². The van der Waals surface area contributed by atoms with Crippen LogP contribution in [0.2, 0.25) is 5.02 Å². The molecule has 0 spiro atoms. The fourth-order valence-electron chi connectivity index (χ4n) is 2.35. The molecule has 0 fully saturated rings. The van der Waals surface area contributed by atoms with Gasteiger partial charge < -0.3 is 10.1 Å². The molecule has 6 heteroatoms. The molecule has 0 saturated heterocycles. The van der Waals surface area contributed by atoms with Crippen LogP contribution < -0.4 is 10.1 Å². The first-order chi connectivity index (χ1) is 12.5. The Labute approximate surface area is 173 Å². The van der Waals surface area contributed by atoms with E-state index in [0.717, 1.165) is 20.1 Å². The molecule has 0 atom stereocenters. The number of benzene rings is 3. The standard InChI is InChI=1S/C20H14Br2ClNO2/c21-15-7-8-18(17(23)11-15)24-20(25)12-26-19-9-6-14(10-16(19)22)13-4-2-1-3-5-13/h1-11H,12H2,(H,24,25). The van der Waals surface area contributed by atoms with Gasteiger partial charge >= 0.3 is 0 Å². The Kier molecular flexibility index (Phi) is 6.35. The van der Waals surface area contributed by atoms with Crippen LogP contribution in [0.25, 0.3) is 11.1 Å². The SMILES string of the molecule is O=C(COc1ccc(-c2ccccc2)cc1Br)Nc1ccc(Br)cc1Cl. The van der Waals surface area contributed by atoms with Crippen LogP contribution in [0.15, 0.2) is 75.7 Å². The third kappa shape index (κ3) is 4.87. The Bertz CT molecular complexity index is 932. The number of amides is 1. The molecule has 0 aliphatic carbocycles. The van der Waals surface area contributed by atoms with E-state index in [1.165, 1.54) is 0 Å². The molecule has 0 aliphatic heterocycles. The van der Waals surface area contributed by atoms with E-state index in [4.69, 9.17) is 16.3 Å². The van der Waals surface area contributed by atoms with E-state index in [2.05, 4.69) is 37.2 Å². The quantitative estimate of drug-likeness (QED) is 0.436. The number of halogens is 3. The van der Waals surface area contributed by atoms with Crippen molar-refractivity contribution in [3.63, 3.8) is 0 Å². The average molecular weight is 496 g/mol. The molecule has 132 valence electrons. The van der Waals surface area contributed by atoms with E-state index < -0.39 is 0 Å². The summed E-state index contributed by atoms with van der Waals surface area (Å²) in [6.07, 6.45) is 0. The molecule has 26 heavy (non-hydrogen) atoms. The van der Waals surface area contributed by atoms with Crippen molar-refractivity contribution in [2.45, 2.75) is 0 Å². The summed E-state index contributed by atoms with van der Waals surface area (Å²) < 4.78 is 7.25. The minimum absolute atomic E-state index is 0.115. The molecular weight excluding hydrogens is 481 g/mol. The number of carbonyl (C=O) groups is 1. The maximum absolute atomic E-state index is 12.1. The molecule has 0 saturated carbocycles. The van der Waals surface area contributed by atoms with E-state index >= 15 is 0 Å². The zero-order chi connectivity index (χ0) is 18.5. The lowest BCUT2D eigenvalue weighted by Crippen LogP contribution is -2.20. The van der Waals surface area contributed by atoms with E-state index in [9.17, 15) is 4.79 Å². The summed E-state index contributed by atoms with van der Waals surface area (Å²) in [6, 6.07) is 21.1. The molecule has 0 aliphatic rings. The lowest BCUT2D eigenvalue weighted by Gasteiger charge is -2.11. The second-order valence-electron chi connectivity index (χ2n) is 5.47. The summed E-state index contributed by atoms with van der Waals surface area (Å²) in [4.78, 5) is 12.1. The highest BCUT2D eigenvalue weighted by Crippen LogP contribution is 2.31. The molecule has 0 aromatic heterocycles. The largest absolute Gasteiger partial charge is 0.483 e. The fraction of sp³-hybridized carbons (Fsp3) is 0.0500. The highest BCUT2D eigenvalue weighted by atomic mass is 79.9. The molecule has 0 bridgehead atoms. The van der Waals surface area contributed by atoms with Gasteiger partial charge in [0.05, 0.1) is 15.2 Å². The zero-order valence-electron chi connectivity index (χ0n) is 13.5. The minimum atomic E-state index is -0.284. The van der Waals surface area contributed by atoms with Crippen molar-refractivity contribution in [2.24, 2.45) is 0 Å². The van der Waals surface area contributed by atoms with Crippen LogP contribution in [-0.4, -0.2) is 12.5 Å². The summed E-state index contributed by atoms with van der Waals surface area (Å²) in [6.45, 7) is -0.115. The first-order valence-electron chi connectivity index (χ1n) is 7.75. The fourth-order valence-corrected chi connectivity index (χ4v) is 3.56. The first kappa shape index (κ1) is 19.0. The van der Waals surface area contributed by atoms with Gasteiger partial charge in [0.1, 0.15) is 5.75 Å². The van der Waals surface area contributed by atoms with Gasteiger partial charge in [0.15, 0.2) is 6.61 Å². The maximum Gasteiger partial charge on any atom is 0.262 e. The van der Waals surface area contributed by atoms with Gasteiger partial charge in [-0.2, -0.15) is 0 Å². The molecule has 0 unspecified atom stereocenters. The molecule has 1 amide bonds. The van der Waals surface area contributed by atoms with Gasteiger partial charge in [0, 0.05) is 4.47 Å². The van der Waals surface area contributed by atoms with E-state index in [-0.39, 0.29) is 12.5 Å². The van der Waals surface area contributed by atoms with Crippen LogP contribution in [0.3, 0.4) is 0 Å². The molecule has 3 aromatic rings. The lowest BCUT2D eigenvalue weighted by molar-refractivity contribution is -0.118. The van der Waals surface area contributed by atoms with Crippen LogP contribution in [0.1, 0.15) is 0 Å². The van der Waals surface area contributed by atoms with Crippen molar-refractivity contribution < 1.29 is 9.53 Å². The van der Waals surface area contributed by atoms with Gasteiger partial charge in [-0.05, 0) is 57.4 Å². The number of anilines is 1. The van der Waals surface area contributed by atoms with Crippen molar-refractivity contribution in [2.75, 3.05) is 11.9 Å². The molecular formula is C20H14Br2ClNO2. The Morgan fingerprint density at radius 3 is 2.42 bits per heavy atom. The van der Waals surface area contributed by atoms with Gasteiger partial charge in [-0.15, -0.1) is 0 Å². The molecule has 0 heterocycles. The van der Waals surface area contributed by atoms with Gasteiger partial charge in [-0.25, -0.2) is 0 Å². The number of nitrogens with one attached hydrogen (secondary N) is 1.